The third-order valence-electron chi connectivity index (χ3n) is 4.70. The van der Waals surface area contributed by atoms with Crippen LogP contribution in [0, 0.1) is 0 Å². The smallest absolute Gasteiger partial charge is 0.339 e. The Labute approximate surface area is 218 Å². The summed E-state index contributed by atoms with van der Waals surface area (Å²) in [6.07, 6.45) is 1.49. The summed E-state index contributed by atoms with van der Waals surface area (Å²) in [5, 5.41) is 13.4. The number of aliphatic imine (C=N–C) groups is 1. The Bertz CT molecular complexity index is 1460. The Morgan fingerprint density at radius 1 is 1.20 bits per heavy atom. The Morgan fingerprint density at radius 3 is 2.80 bits per heavy atom. The maximum absolute atomic E-state index is 12.4. The van der Waals surface area contributed by atoms with E-state index in [1.54, 1.807) is 36.4 Å². The van der Waals surface area contributed by atoms with E-state index in [4.69, 9.17) is 27.9 Å². The molecule has 0 aliphatic carbocycles. The number of carbonyl (C=O) groups excluding carboxylic acids is 2. The summed E-state index contributed by atoms with van der Waals surface area (Å²) < 4.78 is 6.37. The number of nitrogens with zero attached hydrogens (tertiary/aromatic N) is 2. The number of ether oxygens (including phenoxy) is 1. The minimum Gasteiger partial charge on any atom is -0.506 e. The molecule has 35 heavy (non-hydrogen) atoms. The van der Waals surface area contributed by atoms with E-state index in [1.807, 2.05) is 12.1 Å². The number of halogens is 2. The van der Waals surface area contributed by atoms with Crippen LogP contribution < -0.4 is 5.32 Å². The van der Waals surface area contributed by atoms with Crippen molar-refractivity contribution in [1.82, 2.24) is 4.98 Å². The number of phenolic OH excluding ortho intramolecular Hbond substituents is 1. The van der Waals surface area contributed by atoms with Gasteiger partial charge in [0, 0.05) is 16.8 Å². The van der Waals surface area contributed by atoms with Crippen LogP contribution in [-0.4, -0.2) is 41.0 Å². The van der Waals surface area contributed by atoms with E-state index in [9.17, 15) is 14.7 Å². The summed E-state index contributed by atoms with van der Waals surface area (Å²) in [6.45, 7) is 0. The lowest BCUT2D eigenvalue weighted by Gasteiger charge is -2.08. The van der Waals surface area contributed by atoms with Crippen LogP contribution in [0.2, 0.25) is 10.0 Å². The molecule has 0 aliphatic rings. The number of carbonyl (C=O) groups is 2. The number of nitrogens with one attached hydrogen (secondary N) is 1. The van der Waals surface area contributed by atoms with Gasteiger partial charge in [0.1, 0.15) is 5.75 Å². The molecule has 1 aromatic heterocycles. The molecule has 0 unspecified atom stereocenters. The van der Waals surface area contributed by atoms with Gasteiger partial charge in [0.2, 0.25) is 5.91 Å². The molecule has 0 saturated heterocycles. The number of rotatable bonds is 7. The first kappa shape index (κ1) is 25.0. The summed E-state index contributed by atoms with van der Waals surface area (Å²) in [7, 11) is 1.29. The Kier molecular flexibility index (Phi) is 7.92. The highest BCUT2D eigenvalue weighted by Crippen LogP contribution is 2.33. The van der Waals surface area contributed by atoms with E-state index in [-0.39, 0.29) is 28.0 Å². The van der Waals surface area contributed by atoms with E-state index >= 15 is 0 Å². The summed E-state index contributed by atoms with van der Waals surface area (Å²) in [6, 6.07) is 15.2. The second-order valence-corrected chi connectivity index (χ2v) is 10.2. The molecule has 1 heterocycles. The van der Waals surface area contributed by atoms with Crippen molar-refractivity contribution in [3.63, 3.8) is 0 Å². The fourth-order valence-corrected chi connectivity index (χ4v) is 5.47. The van der Waals surface area contributed by atoms with Gasteiger partial charge in [-0.1, -0.05) is 47.1 Å². The van der Waals surface area contributed by atoms with Crippen molar-refractivity contribution in [2.24, 2.45) is 4.99 Å². The number of hydrogen-bond donors (Lipinski definition) is 2. The molecule has 0 bridgehead atoms. The lowest BCUT2D eigenvalue weighted by molar-refractivity contribution is -0.113. The van der Waals surface area contributed by atoms with Gasteiger partial charge in [0.15, 0.2) is 4.34 Å². The molecule has 7 nitrogen and oxygen atoms in total. The Hall–Kier alpha value is -3.11. The summed E-state index contributed by atoms with van der Waals surface area (Å²) in [5.74, 6) is -0.762. The van der Waals surface area contributed by atoms with Crippen molar-refractivity contribution < 1.29 is 19.4 Å². The zero-order valence-corrected chi connectivity index (χ0v) is 21.3. The first-order valence-electron chi connectivity index (χ1n) is 10.1. The number of benzene rings is 3. The Balaban J connectivity index is 1.43. The molecule has 11 heteroatoms. The molecule has 0 radical (unpaired) electrons. The van der Waals surface area contributed by atoms with Crippen LogP contribution >= 0.6 is 46.3 Å². The Morgan fingerprint density at radius 2 is 2.00 bits per heavy atom. The molecular weight excluding hydrogens is 529 g/mol. The first-order chi connectivity index (χ1) is 16.8. The summed E-state index contributed by atoms with van der Waals surface area (Å²) >= 11 is 14.7. The number of aromatic hydroxyl groups is 1. The molecule has 4 aromatic rings. The van der Waals surface area contributed by atoms with Crippen LogP contribution in [0.15, 0.2) is 63.9 Å². The molecular formula is C24H17Cl2N3O4S2. The van der Waals surface area contributed by atoms with Crippen molar-refractivity contribution in [3.05, 3.63) is 75.8 Å². The van der Waals surface area contributed by atoms with Crippen LogP contribution in [0.25, 0.3) is 10.2 Å². The first-order valence-corrected chi connectivity index (χ1v) is 12.6. The second-order valence-electron chi connectivity index (χ2n) is 7.09. The van der Waals surface area contributed by atoms with E-state index in [1.165, 1.54) is 42.5 Å². The van der Waals surface area contributed by atoms with E-state index < -0.39 is 5.97 Å². The standard InChI is InChI=1S/C24H17Cl2N3O4S2/c1-33-23(32)16-4-2-3-5-18(16)28-21(30)12-34-24-29-19-7-6-15(10-20(19)35-24)27-11-13-8-14(25)9-17(26)22(13)31/h2-11,31H,12H2,1H3,(H,28,30). The molecule has 0 atom stereocenters. The number of thiazole rings is 1. The largest absolute Gasteiger partial charge is 0.506 e. The molecule has 3 aromatic carbocycles. The van der Waals surface area contributed by atoms with Crippen LogP contribution in [0.4, 0.5) is 11.4 Å². The fraction of sp³-hybridized carbons (Fsp3) is 0.0833. The third kappa shape index (κ3) is 6.12. The number of hydrogen-bond acceptors (Lipinski definition) is 8. The third-order valence-corrected chi connectivity index (χ3v) is 7.36. The molecule has 0 saturated carbocycles. The second kappa shape index (κ2) is 11.1. The van der Waals surface area contributed by atoms with Gasteiger partial charge in [-0.05, 0) is 42.5 Å². The average Bonchev–Trinajstić information content (AvgIpc) is 3.26. The maximum atomic E-state index is 12.4. The highest BCUT2D eigenvalue weighted by Gasteiger charge is 2.14. The molecule has 0 aliphatic heterocycles. The molecule has 2 N–H and O–H groups in total. The van der Waals surface area contributed by atoms with Crippen LogP contribution in [0.3, 0.4) is 0 Å². The van der Waals surface area contributed by atoms with Gasteiger partial charge in [-0.3, -0.25) is 9.79 Å². The van der Waals surface area contributed by atoms with Gasteiger partial charge in [-0.25, -0.2) is 9.78 Å². The van der Waals surface area contributed by atoms with Crippen molar-refractivity contribution in [2.45, 2.75) is 4.34 Å². The number of para-hydroxylation sites is 1. The zero-order chi connectivity index (χ0) is 24.9. The van der Waals surface area contributed by atoms with Gasteiger partial charge in [0.05, 0.1) is 45.0 Å². The molecule has 4 rings (SSSR count). The number of amides is 1. The molecule has 0 fully saturated rings. The monoisotopic (exact) mass is 545 g/mol. The molecule has 178 valence electrons. The number of phenols is 1. The SMILES string of the molecule is COC(=O)c1ccccc1NC(=O)CSc1nc2ccc(N=Cc3cc(Cl)cc(Cl)c3O)cc2s1. The predicted octanol–water partition coefficient (Wildman–Crippen LogP) is 6.58. The highest BCUT2D eigenvalue weighted by molar-refractivity contribution is 8.01. The van der Waals surface area contributed by atoms with E-state index in [0.29, 0.717) is 22.0 Å². The topological polar surface area (TPSA) is 101 Å². The van der Waals surface area contributed by atoms with E-state index in [0.717, 1.165) is 14.6 Å². The average molecular weight is 546 g/mol. The van der Waals surface area contributed by atoms with Crippen molar-refractivity contribution in [1.29, 1.82) is 0 Å². The fourth-order valence-electron chi connectivity index (χ4n) is 3.06. The lowest BCUT2D eigenvalue weighted by atomic mass is 10.2. The molecule has 0 spiro atoms. The lowest BCUT2D eigenvalue weighted by Crippen LogP contribution is -2.17. The number of methoxy groups -OCH3 is 1. The summed E-state index contributed by atoms with van der Waals surface area (Å²) in [5.41, 5.74) is 2.52. The number of aromatic nitrogens is 1. The van der Waals surface area contributed by atoms with Crippen molar-refractivity contribution in [3.8, 4) is 5.75 Å². The van der Waals surface area contributed by atoms with Gasteiger partial charge in [0.25, 0.3) is 0 Å². The quantitative estimate of drug-likeness (QED) is 0.154. The number of anilines is 1. The normalized spacial score (nSPS) is 11.2. The number of thioether (sulfide) groups is 1. The highest BCUT2D eigenvalue weighted by atomic mass is 35.5. The molecule has 1 amide bonds. The van der Waals surface area contributed by atoms with Gasteiger partial charge < -0.3 is 15.2 Å². The van der Waals surface area contributed by atoms with Crippen LogP contribution in [0.5, 0.6) is 5.75 Å². The predicted molar refractivity (Wildman–Crippen MR) is 142 cm³/mol. The van der Waals surface area contributed by atoms with Crippen molar-refractivity contribution in [2.75, 3.05) is 18.2 Å². The number of fused-ring (bicyclic) bond motifs is 1. The van der Waals surface area contributed by atoms with Gasteiger partial charge in [-0.2, -0.15) is 0 Å². The van der Waals surface area contributed by atoms with Crippen LogP contribution in [0.1, 0.15) is 15.9 Å². The zero-order valence-electron chi connectivity index (χ0n) is 18.1. The minimum absolute atomic E-state index is 0.0927. The maximum Gasteiger partial charge on any atom is 0.339 e. The number of esters is 1. The van der Waals surface area contributed by atoms with E-state index in [2.05, 4.69) is 15.3 Å². The van der Waals surface area contributed by atoms with Crippen LogP contribution in [-0.2, 0) is 9.53 Å². The van der Waals surface area contributed by atoms with Gasteiger partial charge in [-0.15, -0.1) is 11.3 Å². The van der Waals surface area contributed by atoms with Crippen molar-refractivity contribution >= 4 is 86.0 Å². The summed E-state index contributed by atoms with van der Waals surface area (Å²) in [4.78, 5) is 33.3. The minimum atomic E-state index is -0.521. The van der Waals surface area contributed by atoms with Gasteiger partial charge >= 0.3 is 5.97 Å².